The second-order valence-electron chi connectivity index (χ2n) is 2.58. The number of para-hydroxylation sites is 1. The van der Waals surface area contributed by atoms with Crippen molar-refractivity contribution >= 4 is 5.78 Å². The number of Topliss-reactive ketones (excluding diaryl/α,β-unsaturated/α-hetero) is 1. The van der Waals surface area contributed by atoms with Crippen molar-refractivity contribution in [2.24, 2.45) is 0 Å². The van der Waals surface area contributed by atoms with Crippen LogP contribution in [-0.2, 0) is 0 Å². The third-order valence-corrected chi connectivity index (χ3v) is 1.71. The first-order valence-corrected chi connectivity index (χ1v) is 4.35. The average molecular weight is 177 g/mol. The van der Waals surface area contributed by atoms with Crippen molar-refractivity contribution in [3.63, 3.8) is 0 Å². The number of ether oxygens (including phenoxy) is 1. The van der Waals surface area contributed by atoms with Gasteiger partial charge in [-0.15, -0.1) is 0 Å². The number of rotatable bonds is 4. The van der Waals surface area contributed by atoms with Crippen LogP contribution in [0.2, 0.25) is 0 Å². The molecule has 0 fully saturated rings. The molecule has 0 bridgehead atoms. The Morgan fingerprint density at radius 3 is 2.77 bits per heavy atom. The zero-order valence-corrected chi connectivity index (χ0v) is 7.91. The summed E-state index contributed by atoms with van der Waals surface area (Å²) in [4.78, 5) is 11.4. The molecule has 0 aromatic heterocycles. The molecule has 1 aromatic rings. The molecule has 0 N–H and O–H groups in total. The summed E-state index contributed by atoms with van der Waals surface area (Å²) >= 11 is 0. The Morgan fingerprint density at radius 2 is 2.15 bits per heavy atom. The van der Waals surface area contributed by atoms with Gasteiger partial charge in [-0.25, -0.2) is 0 Å². The number of ketones is 1. The van der Waals surface area contributed by atoms with E-state index in [0.717, 1.165) is 0 Å². The molecule has 0 saturated heterocycles. The maximum absolute atomic E-state index is 11.4. The summed E-state index contributed by atoms with van der Waals surface area (Å²) in [6, 6.07) is 7.27. The maximum Gasteiger partial charge on any atom is 0.170 e. The molecule has 1 aromatic carbocycles. The predicted molar refractivity (Wildman–Crippen MR) is 51.9 cm³/mol. The highest BCUT2D eigenvalue weighted by Crippen LogP contribution is 2.18. The highest BCUT2D eigenvalue weighted by molar-refractivity contribution is 6.04. The third kappa shape index (κ3) is 2.31. The molecular weight excluding hydrogens is 164 g/mol. The monoisotopic (exact) mass is 177 g/mol. The fourth-order valence-electron chi connectivity index (χ4n) is 1.11. The molecule has 1 rings (SSSR count). The Morgan fingerprint density at radius 1 is 1.46 bits per heavy atom. The van der Waals surface area contributed by atoms with Crippen LogP contribution in [0.5, 0.6) is 5.75 Å². The van der Waals surface area contributed by atoms with E-state index in [1.54, 1.807) is 19.1 Å². The summed E-state index contributed by atoms with van der Waals surface area (Å²) in [6.45, 7) is 4.20. The van der Waals surface area contributed by atoms with Crippen molar-refractivity contribution < 1.29 is 9.53 Å². The lowest BCUT2D eigenvalue weighted by Crippen LogP contribution is -2.02. The molecule has 0 aliphatic heterocycles. The van der Waals surface area contributed by atoms with Crippen LogP contribution in [0.25, 0.3) is 0 Å². The molecule has 2 heteroatoms. The van der Waals surface area contributed by atoms with Gasteiger partial charge < -0.3 is 4.74 Å². The van der Waals surface area contributed by atoms with Crippen molar-refractivity contribution in [3.05, 3.63) is 36.2 Å². The van der Waals surface area contributed by atoms with Crippen LogP contribution < -0.4 is 4.74 Å². The average Bonchev–Trinajstić information content (AvgIpc) is 2.18. The van der Waals surface area contributed by atoms with E-state index in [2.05, 4.69) is 0 Å². The molecule has 0 aliphatic rings. The van der Waals surface area contributed by atoms with Crippen LogP contribution in [-0.4, -0.2) is 12.4 Å². The number of benzene rings is 1. The zero-order chi connectivity index (χ0) is 9.68. The first kappa shape index (κ1) is 9.78. The van der Waals surface area contributed by atoms with Crippen LogP contribution in [0, 0.1) is 6.42 Å². The SMILES string of the molecule is C[CH]C(=O)c1ccccc1OCC. The normalized spacial score (nSPS) is 9.69. The molecule has 0 aliphatic carbocycles. The Kier molecular flexibility index (Phi) is 3.50. The highest BCUT2D eigenvalue weighted by Gasteiger charge is 2.08. The van der Waals surface area contributed by atoms with E-state index in [-0.39, 0.29) is 5.78 Å². The lowest BCUT2D eigenvalue weighted by atomic mass is 10.1. The Balaban J connectivity index is 2.97. The highest BCUT2D eigenvalue weighted by atomic mass is 16.5. The minimum absolute atomic E-state index is 0.00375. The largest absolute Gasteiger partial charge is 0.493 e. The van der Waals surface area contributed by atoms with Gasteiger partial charge in [0.15, 0.2) is 5.78 Å². The fourth-order valence-corrected chi connectivity index (χ4v) is 1.11. The Labute approximate surface area is 78.5 Å². The number of carbonyl (C=O) groups is 1. The number of carbonyl (C=O) groups excluding carboxylic acids is 1. The molecule has 0 unspecified atom stereocenters. The zero-order valence-electron chi connectivity index (χ0n) is 7.91. The van der Waals surface area contributed by atoms with Crippen LogP contribution >= 0.6 is 0 Å². The minimum Gasteiger partial charge on any atom is -0.493 e. The topological polar surface area (TPSA) is 26.3 Å². The summed E-state index contributed by atoms with van der Waals surface area (Å²) in [5.41, 5.74) is 0.631. The summed E-state index contributed by atoms with van der Waals surface area (Å²) in [7, 11) is 0. The maximum atomic E-state index is 11.4. The first-order chi connectivity index (χ1) is 6.29. The van der Waals surface area contributed by atoms with Crippen LogP contribution in [0.3, 0.4) is 0 Å². The first-order valence-electron chi connectivity index (χ1n) is 4.35. The molecular formula is C11H13O2. The molecule has 1 radical (unpaired) electrons. The molecule has 2 nitrogen and oxygen atoms in total. The molecule has 0 spiro atoms. The lowest BCUT2D eigenvalue weighted by molar-refractivity contribution is 0.102. The number of hydrogen-bond donors (Lipinski definition) is 0. The molecule has 0 atom stereocenters. The second kappa shape index (κ2) is 4.65. The van der Waals surface area contributed by atoms with E-state index in [0.29, 0.717) is 17.9 Å². The summed E-state index contributed by atoms with van der Waals surface area (Å²) in [5.74, 6) is 0.664. The van der Waals surface area contributed by atoms with Crippen molar-refractivity contribution in [2.45, 2.75) is 13.8 Å². The van der Waals surface area contributed by atoms with Gasteiger partial charge in [-0.2, -0.15) is 0 Å². The van der Waals surface area contributed by atoms with Crippen molar-refractivity contribution in [1.29, 1.82) is 0 Å². The number of hydrogen-bond acceptors (Lipinski definition) is 2. The summed E-state index contributed by atoms with van der Waals surface area (Å²) in [6.07, 6.45) is 1.54. The summed E-state index contributed by atoms with van der Waals surface area (Å²) < 4.78 is 5.32. The van der Waals surface area contributed by atoms with Crippen molar-refractivity contribution in [3.8, 4) is 5.75 Å². The van der Waals surface area contributed by atoms with Crippen molar-refractivity contribution in [1.82, 2.24) is 0 Å². The van der Waals surface area contributed by atoms with E-state index in [4.69, 9.17) is 4.74 Å². The van der Waals surface area contributed by atoms with Gasteiger partial charge in [-0.3, -0.25) is 4.79 Å². The second-order valence-corrected chi connectivity index (χ2v) is 2.58. The standard InChI is InChI=1S/C11H13O2/c1-3-10(12)9-7-5-6-8-11(9)13-4-2/h3,5-8H,4H2,1-2H3. The quantitative estimate of drug-likeness (QED) is 0.660. The van der Waals surface area contributed by atoms with E-state index >= 15 is 0 Å². The van der Waals surface area contributed by atoms with E-state index in [9.17, 15) is 4.79 Å². The summed E-state index contributed by atoms with van der Waals surface area (Å²) in [5, 5.41) is 0. The van der Waals surface area contributed by atoms with Gasteiger partial charge in [-0.05, 0) is 19.1 Å². The van der Waals surface area contributed by atoms with Gasteiger partial charge in [0.2, 0.25) is 0 Å². The predicted octanol–water partition coefficient (Wildman–Crippen LogP) is 2.49. The fraction of sp³-hybridized carbons (Fsp3) is 0.273. The molecule has 0 heterocycles. The lowest BCUT2D eigenvalue weighted by Gasteiger charge is -2.07. The van der Waals surface area contributed by atoms with Gasteiger partial charge in [0, 0.05) is 6.42 Å². The molecule has 69 valence electrons. The van der Waals surface area contributed by atoms with E-state index in [1.165, 1.54) is 6.42 Å². The van der Waals surface area contributed by atoms with Gasteiger partial charge in [-0.1, -0.05) is 19.1 Å². The van der Waals surface area contributed by atoms with Gasteiger partial charge in [0.25, 0.3) is 0 Å². The smallest absolute Gasteiger partial charge is 0.170 e. The third-order valence-electron chi connectivity index (χ3n) is 1.71. The molecule has 0 saturated carbocycles. The Hall–Kier alpha value is -1.31. The molecule has 13 heavy (non-hydrogen) atoms. The van der Waals surface area contributed by atoms with Crippen LogP contribution in [0.1, 0.15) is 24.2 Å². The van der Waals surface area contributed by atoms with Gasteiger partial charge >= 0.3 is 0 Å². The molecule has 0 amide bonds. The van der Waals surface area contributed by atoms with Crippen LogP contribution in [0.4, 0.5) is 0 Å². The van der Waals surface area contributed by atoms with E-state index in [1.807, 2.05) is 19.1 Å². The van der Waals surface area contributed by atoms with Gasteiger partial charge in [0.1, 0.15) is 5.75 Å². The van der Waals surface area contributed by atoms with Crippen molar-refractivity contribution in [2.75, 3.05) is 6.61 Å². The Bertz CT molecular complexity index is 292. The van der Waals surface area contributed by atoms with E-state index < -0.39 is 0 Å². The van der Waals surface area contributed by atoms with Crippen LogP contribution in [0.15, 0.2) is 24.3 Å². The van der Waals surface area contributed by atoms with Gasteiger partial charge in [0.05, 0.1) is 12.2 Å². The minimum atomic E-state index is 0.00375.